The first kappa shape index (κ1) is 14.5. The minimum atomic E-state index is -0.216. The predicted molar refractivity (Wildman–Crippen MR) is 83.8 cm³/mol. The molecule has 0 fully saturated rings. The van der Waals surface area contributed by atoms with E-state index in [0.717, 1.165) is 14.5 Å². The molecule has 0 aliphatic carbocycles. The van der Waals surface area contributed by atoms with Gasteiger partial charge in [0.2, 0.25) is 0 Å². The number of nitrogens with zero attached hydrogens (tertiary/aromatic N) is 1. The molecule has 0 aliphatic rings. The Morgan fingerprint density at radius 1 is 1.26 bits per heavy atom. The molecule has 0 spiro atoms. The van der Waals surface area contributed by atoms with Crippen LogP contribution in [0.5, 0.6) is 0 Å². The molecule has 2 rings (SSSR count). The number of pyridine rings is 1. The molecular formula is C13H9Br2ClN2O. The van der Waals surface area contributed by atoms with Crippen LogP contribution < -0.4 is 5.32 Å². The van der Waals surface area contributed by atoms with Gasteiger partial charge in [0, 0.05) is 20.7 Å². The zero-order chi connectivity index (χ0) is 14.0. The molecule has 98 valence electrons. The Balaban J connectivity index is 2.28. The van der Waals surface area contributed by atoms with Gasteiger partial charge in [0.15, 0.2) is 5.15 Å². The van der Waals surface area contributed by atoms with Crippen molar-refractivity contribution in [3.63, 3.8) is 0 Å². The van der Waals surface area contributed by atoms with Crippen LogP contribution in [0.2, 0.25) is 5.15 Å². The van der Waals surface area contributed by atoms with Crippen molar-refractivity contribution in [2.24, 2.45) is 0 Å². The highest BCUT2D eigenvalue weighted by Crippen LogP contribution is 2.24. The molecule has 0 unspecified atom stereocenters. The topological polar surface area (TPSA) is 42.0 Å². The first-order valence-corrected chi connectivity index (χ1v) is 7.32. The van der Waals surface area contributed by atoms with Gasteiger partial charge in [-0.1, -0.05) is 27.5 Å². The highest BCUT2D eigenvalue weighted by Gasteiger charge is 2.12. The molecular weight excluding hydrogens is 395 g/mol. The molecule has 6 heteroatoms. The summed E-state index contributed by atoms with van der Waals surface area (Å²) in [7, 11) is 0. The third-order valence-electron chi connectivity index (χ3n) is 2.49. The van der Waals surface area contributed by atoms with E-state index in [4.69, 9.17) is 11.6 Å². The summed E-state index contributed by atoms with van der Waals surface area (Å²) in [4.78, 5) is 16.1. The summed E-state index contributed by atoms with van der Waals surface area (Å²) >= 11 is 12.6. The van der Waals surface area contributed by atoms with E-state index < -0.39 is 0 Å². The predicted octanol–water partition coefficient (Wildman–Crippen LogP) is 4.82. The quantitative estimate of drug-likeness (QED) is 0.729. The number of aromatic nitrogens is 1. The average Bonchev–Trinajstić information content (AvgIpc) is 2.33. The van der Waals surface area contributed by atoms with Crippen LogP contribution in [0, 0.1) is 6.92 Å². The number of nitrogens with one attached hydrogen (secondary N) is 1. The van der Waals surface area contributed by atoms with Gasteiger partial charge in [-0.3, -0.25) is 4.79 Å². The van der Waals surface area contributed by atoms with Crippen LogP contribution in [0.4, 0.5) is 5.69 Å². The normalized spacial score (nSPS) is 10.3. The van der Waals surface area contributed by atoms with Crippen LogP contribution in [-0.4, -0.2) is 10.9 Å². The van der Waals surface area contributed by atoms with Gasteiger partial charge in [-0.2, -0.15) is 0 Å². The fourth-order valence-electron chi connectivity index (χ4n) is 1.58. The Morgan fingerprint density at radius 2 is 2.00 bits per heavy atom. The Labute approximate surface area is 132 Å². The van der Waals surface area contributed by atoms with E-state index >= 15 is 0 Å². The Kier molecular flexibility index (Phi) is 4.60. The van der Waals surface area contributed by atoms with Crippen LogP contribution >= 0.6 is 43.5 Å². The van der Waals surface area contributed by atoms with E-state index in [-0.39, 0.29) is 11.1 Å². The maximum Gasteiger partial charge on any atom is 0.256 e. The lowest BCUT2D eigenvalue weighted by Gasteiger charge is -2.09. The summed E-state index contributed by atoms with van der Waals surface area (Å²) in [5.74, 6) is -0.216. The average molecular weight is 404 g/mol. The van der Waals surface area contributed by atoms with Gasteiger partial charge in [-0.15, -0.1) is 0 Å². The first-order chi connectivity index (χ1) is 8.97. The third-order valence-corrected chi connectivity index (χ3v) is 3.72. The first-order valence-electron chi connectivity index (χ1n) is 5.36. The van der Waals surface area contributed by atoms with Gasteiger partial charge >= 0.3 is 0 Å². The Hall–Kier alpha value is -0.910. The number of anilines is 1. The molecule has 0 saturated heterocycles. The molecule has 1 N–H and O–H groups in total. The molecule has 0 radical (unpaired) electrons. The summed E-state index contributed by atoms with van der Waals surface area (Å²) in [5.41, 5.74) is 1.95. The largest absolute Gasteiger partial charge is 0.319 e. The van der Waals surface area contributed by atoms with Crippen molar-refractivity contribution in [3.05, 3.63) is 55.7 Å². The number of carbonyl (C=O) groups excluding carboxylic acids is 1. The molecule has 1 amide bonds. The highest BCUT2D eigenvalue weighted by atomic mass is 79.9. The van der Waals surface area contributed by atoms with E-state index in [1.165, 1.54) is 0 Å². The summed E-state index contributed by atoms with van der Waals surface area (Å²) in [6, 6.07) is 7.17. The van der Waals surface area contributed by atoms with E-state index in [1.807, 2.05) is 19.1 Å². The van der Waals surface area contributed by atoms with Crippen LogP contribution in [0.3, 0.4) is 0 Å². The summed E-state index contributed by atoms with van der Waals surface area (Å²) in [5, 5.41) is 3.00. The van der Waals surface area contributed by atoms with Crippen molar-refractivity contribution < 1.29 is 4.79 Å². The number of benzene rings is 1. The van der Waals surface area contributed by atoms with Gasteiger partial charge in [0.05, 0.1) is 5.69 Å². The van der Waals surface area contributed by atoms with E-state index in [1.54, 1.807) is 18.3 Å². The molecule has 2 aromatic rings. The van der Waals surface area contributed by atoms with Crippen LogP contribution in [0.1, 0.15) is 15.9 Å². The second-order valence-electron chi connectivity index (χ2n) is 3.91. The second kappa shape index (κ2) is 6.03. The highest BCUT2D eigenvalue weighted by molar-refractivity contribution is 9.10. The number of hydrogen-bond acceptors (Lipinski definition) is 2. The summed E-state index contributed by atoms with van der Waals surface area (Å²) < 4.78 is 1.68. The van der Waals surface area contributed by atoms with Gasteiger partial charge < -0.3 is 5.32 Å². The minimum absolute atomic E-state index is 0.216. The smallest absolute Gasteiger partial charge is 0.256 e. The fourth-order valence-corrected chi connectivity index (χ4v) is 2.54. The number of rotatable bonds is 2. The lowest BCUT2D eigenvalue weighted by Crippen LogP contribution is -2.14. The molecule has 0 aliphatic heterocycles. The van der Waals surface area contributed by atoms with Crippen molar-refractivity contribution in [1.82, 2.24) is 4.98 Å². The minimum Gasteiger partial charge on any atom is -0.319 e. The van der Waals surface area contributed by atoms with Gasteiger partial charge in [0.1, 0.15) is 0 Å². The van der Waals surface area contributed by atoms with E-state index in [0.29, 0.717) is 11.3 Å². The van der Waals surface area contributed by atoms with Crippen molar-refractivity contribution in [1.29, 1.82) is 0 Å². The maximum absolute atomic E-state index is 12.2. The van der Waals surface area contributed by atoms with E-state index in [9.17, 15) is 4.79 Å². The van der Waals surface area contributed by atoms with Crippen LogP contribution in [-0.2, 0) is 0 Å². The standard InChI is InChI=1S/C13H9Br2ClN2O/c1-7-4-8(14)2-3-10(7)13(19)18-11-5-9(15)6-17-12(11)16/h2-6H,1H3,(H,18,19). The number of hydrogen-bond donors (Lipinski definition) is 1. The third kappa shape index (κ3) is 3.55. The zero-order valence-electron chi connectivity index (χ0n) is 9.88. The van der Waals surface area contributed by atoms with Gasteiger partial charge in [0.25, 0.3) is 5.91 Å². The number of carbonyl (C=O) groups is 1. The molecule has 1 aromatic carbocycles. The van der Waals surface area contributed by atoms with Crippen molar-refractivity contribution in [2.75, 3.05) is 5.32 Å². The van der Waals surface area contributed by atoms with E-state index in [2.05, 4.69) is 42.2 Å². The maximum atomic E-state index is 12.2. The second-order valence-corrected chi connectivity index (χ2v) is 6.09. The molecule has 1 heterocycles. The Morgan fingerprint density at radius 3 is 2.68 bits per heavy atom. The SMILES string of the molecule is Cc1cc(Br)ccc1C(=O)Nc1cc(Br)cnc1Cl. The Bertz CT molecular complexity index is 647. The van der Waals surface area contributed by atoms with Crippen LogP contribution in [0.15, 0.2) is 39.4 Å². The van der Waals surface area contributed by atoms with Crippen LogP contribution in [0.25, 0.3) is 0 Å². The molecule has 0 bridgehead atoms. The monoisotopic (exact) mass is 402 g/mol. The van der Waals surface area contributed by atoms with Gasteiger partial charge in [-0.25, -0.2) is 4.98 Å². The van der Waals surface area contributed by atoms with Gasteiger partial charge in [-0.05, 0) is 52.7 Å². The molecule has 0 atom stereocenters. The molecule has 3 nitrogen and oxygen atoms in total. The fraction of sp³-hybridized carbons (Fsp3) is 0.0769. The summed E-state index contributed by atoms with van der Waals surface area (Å²) in [6.45, 7) is 1.88. The lowest BCUT2D eigenvalue weighted by molar-refractivity contribution is 0.102. The molecule has 0 saturated carbocycles. The molecule has 1 aromatic heterocycles. The van der Waals surface area contributed by atoms with Crippen molar-refractivity contribution in [3.8, 4) is 0 Å². The van der Waals surface area contributed by atoms with Crippen molar-refractivity contribution >= 4 is 55.1 Å². The molecule has 19 heavy (non-hydrogen) atoms. The lowest BCUT2D eigenvalue weighted by atomic mass is 10.1. The number of halogens is 3. The zero-order valence-corrected chi connectivity index (χ0v) is 13.8. The van der Waals surface area contributed by atoms with Crippen molar-refractivity contribution in [2.45, 2.75) is 6.92 Å². The summed E-state index contributed by atoms with van der Waals surface area (Å²) in [6.07, 6.45) is 1.57. The number of aryl methyl sites for hydroxylation is 1. The number of amides is 1.